The average Bonchev–Trinajstić information content (AvgIpc) is 2.70. The fourth-order valence-electron chi connectivity index (χ4n) is 3.79. The molecule has 0 saturated carbocycles. The number of likely N-dealkylation sites (tertiary alicyclic amines) is 1. The van der Waals surface area contributed by atoms with Gasteiger partial charge in [0.15, 0.2) is 0 Å². The van der Waals surface area contributed by atoms with E-state index < -0.39 is 6.10 Å². The highest BCUT2D eigenvalue weighted by molar-refractivity contribution is 6.30. The summed E-state index contributed by atoms with van der Waals surface area (Å²) in [5, 5.41) is 0.667. The first-order valence-electron chi connectivity index (χ1n) is 9.78. The van der Waals surface area contributed by atoms with E-state index in [9.17, 15) is 4.79 Å². The van der Waals surface area contributed by atoms with Gasteiger partial charge in [-0.25, -0.2) is 0 Å². The standard InChI is InChI=1S/C22H28ClN3O2/c1-3-4-5-6-12-26-17-22(28-18(2)21(26)27)10-14-25(15-11-22)13-9-20-8-7-19(23)16-24-20/h3-8,12,16,18H,1,9-11,13-15,17H2,2H3/b5-4-,12-6+. The fourth-order valence-corrected chi connectivity index (χ4v) is 3.91. The third kappa shape index (κ3) is 5.31. The minimum Gasteiger partial charge on any atom is -0.360 e. The monoisotopic (exact) mass is 401 g/mol. The molecular formula is C22H28ClN3O2. The lowest BCUT2D eigenvalue weighted by Gasteiger charge is -2.48. The second kappa shape index (κ2) is 9.50. The Balaban J connectivity index is 1.54. The van der Waals surface area contributed by atoms with E-state index in [2.05, 4.69) is 16.5 Å². The zero-order valence-electron chi connectivity index (χ0n) is 16.4. The van der Waals surface area contributed by atoms with Gasteiger partial charge >= 0.3 is 0 Å². The number of carbonyl (C=O) groups excluding carboxylic acids is 1. The predicted molar refractivity (Wildman–Crippen MR) is 112 cm³/mol. The number of ether oxygens (including phenoxy) is 1. The number of hydrogen-bond donors (Lipinski definition) is 0. The molecular weight excluding hydrogens is 374 g/mol. The lowest BCUT2D eigenvalue weighted by Crippen LogP contribution is -2.60. The van der Waals surface area contributed by atoms with E-state index >= 15 is 0 Å². The van der Waals surface area contributed by atoms with Crippen LogP contribution < -0.4 is 0 Å². The molecule has 0 aliphatic carbocycles. The van der Waals surface area contributed by atoms with Crippen LogP contribution in [0.3, 0.4) is 0 Å². The molecule has 1 unspecified atom stereocenters. The SMILES string of the molecule is C=C/C=C\C=C\N1CC2(CCN(CCc3ccc(Cl)cn3)CC2)OC(C)C1=O. The van der Waals surface area contributed by atoms with Crippen molar-refractivity contribution in [1.82, 2.24) is 14.8 Å². The fraction of sp³-hybridized carbons (Fsp3) is 0.455. The number of piperidine rings is 1. The van der Waals surface area contributed by atoms with E-state index in [0.29, 0.717) is 11.6 Å². The van der Waals surface area contributed by atoms with Gasteiger partial charge in [0.25, 0.3) is 5.91 Å². The number of pyridine rings is 1. The van der Waals surface area contributed by atoms with Crippen molar-refractivity contribution in [3.8, 4) is 0 Å². The van der Waals surface area contributed by atoms with E-state index in [1.165, 1.54) is 0 Å². The highest BCUT2D eigenvalue weighted by atomic mass is 35.5. The van der Waals surface area contributed by atoms with Crippen molar-refractivity contribution in [2.45, 2.75) is 37.9 Å². The molecule has 1 atom stereocenters. The molecule has 3 rings (SSSR count). The van der Waals surface area contributed by atoms with E-state index in [0.717, 1.165) is 44.6 Å². The maximum Gasteiger partial charge on any atom is 0.255 e. The number of hydrogen-bond acceptors (Lipinski definition) is 4. The summed E-state index contributed by atoms with van der Waals surface area (Å²) in [6, 6.07) is 3.87. The lowest BCUT2D eigenvalue weighted by atomic mass is 9.88. The van der Waals surface area contributed by atoms with E-state index in [1.54, 1.807) is 17.2 Å². The Labute approximate surface area is 172 Å². The van der Waals surface area contributed by atoms with Crippen molar-refractivity contribution in [1.29, 1.82) is 0 Å². The van der Waals surface area contributed by atoms with Crippen LogP contribution in [0.1, 0.15) is 25.5 Å². The van der Waals surface area contributed by atoms with Crippen molar-refractivity contribution in [3.63, 3.8) is 0 Å². The highest BCUT2D eigenvalue weighted by Gasteiger charge is 2.44. The summed E-state index contributed by atoms with van der Waals surface area (Å²) in [6.45, 7) is 9.00. The Morgan fingerprint density at radius 1 is 1.32 bits per heavy atom. The van der Waals surface area contributed by atoms with Crippen LogP contribution in [-0.4, -0.2) is 58.6 Å². The van der Waals surface area contributed by atoms with Crippen LogP contribution >= 0.6 is 11.6 Å². The normalized spacial score (nSPS) is 23.1. The molecule has 150 valence electrons. The maximum absolute atomic E-state index is 12.4. The van der Waals surface area contributed by atoms with Gasteiger partial charge in [-0.2, -0.15) is 0 Å². The lowest BCUT2D eigenvalue weighted by molar-refractivity contribution is -0.184. The van der Waals surface area contributed by atoms with E-state index in [4.69, 9.17) is 16.3 Å². The van der Waals surface area contributed by atoms with Crippen molar-refractivity contribution >= 4 is 17.5 Å². The number of carbonyl (C=O) groups is 1. The van der Waals surface area contributed by atoms with Crippen molar-refractivity contribution < 1.29 is 9.53 Å². The molecule has 5 nitrogen and oxygen atoms in total. The van der Waals surface area contributed by atoms with Crippen LogP contribution in [-0.2, 0) is 16.0 Å². The zero-order valence-corrected chi connectivity index (χ0v) is 17.1. The smallest absolute Gasteiger partial charge is 0.255 e. The Kier molecular flexibility index (Phi) is 7.05. The molecule has 2 aliphatic heterocycles. The van der Waals surface area contributed by atoms with Crippen LogP contribution in [0.25, 0.3) is 0 Å². The van der Waals surface area contributed by atoms with Crippen LogP contribution in [0, 0.1) is 0 Å². The van der Waals surface area contributed by atoms with Crippen LogP contribution in [0.2, 0.25) is 5.02 Å². The highest BCUT2D eigenvalue weighted by Crippen LogP contribution is 2.33. The van der Waals surface area contributed by atoms with Gasteiger partial charge in [-0.05, 0) is 38.0 Å². The molecule has 2 fully saturated rings. The van der Waals surface area contributed by atoms with Gasteiger partial charge in [0.05, 0.1) is 17.2 Å². The average molecular weight is 402 g/mol. The Morgan fingerprint density at radius 2 is 2.11 bits per heavy atom. The first-order valence-corrected chi connectivity index (χ1v) is 10.2. The molecule has 1 spiro atoms. The zero-order chi connectivity index (χ0) is 20.0. The number of allylic oxidation sites excluding steroid dienone is 4. The van der Waals surface area contributed by atoms with Gasteiger partial charge in [-0.1, -0.05) is 36.4 Å². The number of halogens is 1. The number of aromatic nitrogens is 1. The summed E-state index contributed by atoms with van der Waals surface area (Å²) in [7, 11) is 0. The van der Waals surface area contributed by atoms with E-state index in [1.807, 2.05) is 43.5 Å². The summed E-state index contributed by atoms with van der Waals surface area (Å²) in [5.41, 5.74) is 0.802. The Hall–Kier alpha value is -1.95. The molecule has 3 heterocycles. The predicted octanol–water partition coefficient (Wildman–Crippen LogP) is 3.62. The van der Waals surface area contributed by atoms with Crippen LogP contribution in [0.4, 0.5) is 0 Å². The summed E-state index contributed by atoms with van der Waals surface area (Å²) in [6.07, 6.45) is 13.2. The molecule has 1 aromatic rings. The van der Waals surface area contributed by atoms with Crippen LogP contribution in [0.5, 0.6) is 0 Å². The minimum absolute atomic E-state index is 0.0186. The summed E-state index contributed by atoms with van der Waals surface area (Å²) < 4.78 is 6.20. The van der Waals surface area contributed by atoms with Crippen LogP contribution in [0.15, 0.2) is 55.4 Å². The molecule has 0 N–H and O–H groups in total. The third-order valence-corrected chi connectivity index (χ3v) is 5.60. The number of nitrogens with zero attached hydrogens (tertiary/aromatic N) is 3. The largest absolute Gasteiger partial charge is 0.360 e. The molecule has 6 heteroatoms. The Morgan fingerprint density at radius 3 is 2.79 bits per heavy atom. The van der Waals surface area contributed by atoms with Crippen molar-refractivity contribution in [2.75, 3.05) is 26.2 Å². The molecule has 28 heavy (non-hydrogen) atoms. The molecule has 0 bridgehead atoms. The van der Waals surface area contributed by atoms with Gasteiger partial charge < -0.3 is 14.5 Å². The van der Waals surface area contributed by atoms with Gasteiger partial charge in [-0.3, -0.25) is 9.78 Å². The molecule has 2 saturated heterocycles. The van der Waals surface area contributed by atoms with Gasteiger partial charge in [-0.15, -0.1) is 0 Å². The molecule has 2 aliphatic rings. The number of morpholine rings is 1. The maximum atomic E-state index is 12.4. The molecule has 0 radical (unpaired) electrons. The minimum atomic E-state index is -0.411. The molecule has 1 aromatic heterocycles. The second-order valence-electron chi connectivity index (χ2n) is 7.43. The quantitative estimate of drug-likeness (QED) is 0.683. The van der Waals surface area contributed by atoms with E-state index in [-0.39, 0.29) is 11.5 Å². The first-order chi connectivity index (χ1) is 13.5. The number of rotatable bonds is 6. The van der Waals surface area contributed by atoms with Crippen molar-refractivity contribution in [2.24, 2.45) is 0 Å². The van der Waals surface area contributed by atoms with Gasteiger partial charge in [0, 0.05) is 44.1 Å². The molecule has 0 aromatic carbocycles. The van der Waals surface area contributed by atoms with Gasteiger partial charge in [0.1, 0.15) is 6.10 Å². The third-order valence-electron chi connectivity index (χ3n) is 5.38. The summed E-state index contributed by atoms with van der Waals surface area (Å²) in [4.78, 5) is 21.1. The Bertz CT molecular complexity index is 737. The van der Waals surface area contributed by atoms with Gasteiger partial charge in [0.2, 0.25) is 0 Å². The summed E-state index contributed by atoms with van der Waals surface area (Å²) in [5.74, 6) is 0.0186. The number of amides is 1. The summed E-state index contributed by atoms with van der Waals surface area (Å²) >= 11 is 5.90. The second-order valence-corrected chi connectivity index (χ2v) is 7.87. The topological polar surface area (TPSA) is 45.7 Å². The van der Waals surface area contributed by atoms with Crippen molar-refractivity contribution in [3.05, 3.63) is 66.1 Å². The first kappa shape index (κ1) is 20.8. The molecule has 1 amide bonds.